The van der Waals surface area contributed by atoms with Crippen molar-refractivity contribution in [2.24, 2.45) is 0 Å². The van der Waals surface area contributed by atoms with Gasteiger partial charge in [0.15, 0.2) is 11.5 Å². The van der Waals surface area contributed by atoms with E-state index in [1.54, 1.807) is 39.5 Å². The van der Waals surface area contributed by atoms with E-state index < -0.39 is 0 Å². The lowest BCUT2D eigenvalue weighted by atomic mass is 10.1. The SMILES string of the molecule is COc1cc(/C=C/c2ccccc2NC(=O)/C=C/c2cccc(N)c2)cc(OC)c1OC. The highest BCUT2D eigenvalue weighted by Crippen LogP contribution is 2.38. The average Bonchev–Trinajstić information content (AvgIpc) is 2.81. The lowest BCUT2D eigenvalue weighted by Gasteiger charge is -2.13. The Morgan fingerprint density at radius 2 is 1.53 bits per heavy atom. The summed E-state index contributed by atoms with van der Waals surface area (Å²) in [5.74, 6) is 1.44. The van der Waals surface area contributed by atoms with Gasteiger partial charge in [0.2, 0.25) is 11.7 Å². The Morgan fingerprint density at radius 1 is 0.812 bits per heavy atom. The van der Waals surface area contributed by atoms with Gasteiger partial charge >= 0.3 is 0 Å². The van der Waals surface area contributed by atoms with Gasteiger partial charge in [0, 0.05) is 17.5 Å². The number of carbonyl (C=O) groups excluding carboxylic acids is 1. The van der Waals surface area contributed by atoms with Gasteiger partial charge in [0.05, 0.1) is 21.3 Å². The van der Waals surface area contributed by atoms with E-state index >= 15 is 0 Å². The molecule has 1 amide bonds. The third-order valence-corrected chi connectivity index (χ3v) is 4.70. The van der Waals surface area contributed by atoms with Crippen LogP contribution in [0.4, 0.5) is 11.4 Å². The number of para-hydroxylation sites is 1. The molecule has 6 heteroatoms. The van der Waals surface area contributed by atoms with Crippen molar-refractivity contribution in [3.05, 3.63) is 83.4 Å². The fraction of sp³-hybridized carbons (Fsp3) is 0.115. The van der Waals surface area contributed by atoms with Gasteiger partial charge in [-0.25, -0.2) is 0 Å². The fourth-order valence-electron chi connectivity index (χ4n) is 3.15. The van der Waals surface area contributed by atoms with E-state index in [1.165, 1.54) is 6.08 Å². The third kappa shape index (κ3) is 5.70. The topological polar surface area (TPSA) is 82.8 Å². The molecule has 0 fully saturated rings. The van der Waals surface area contributed by atoms with E-state index in [9.17, 15) is 4.79 Å². The third-order valence-electron chi connectivity index (χ3n) is 4.70. The van der Waals surface area contributed by atoms with Crippen molar-refractivity contribution in [3.63, 3.8) is 0 Å². The number of hydrogen-bond acceptors (Lipinski definition) is 5. The normalized spacial score (nSPS) is 11.0. The lowest BCUT2D eigenvalue weighted by molar-refractivity contribution is -0.111. The summed E-state index contributed by atoms with van der Waals surface area (Å²) in [6.07, 6.45) is 7.03. The Morgan fingerprint density at radius 3 is 2.19 bits per heavy atom. The van der Waals surface area contributed by atoms with Crippen LogP contribution in [-0.4, -0.2) is 27.2 Å². The molecule has 0 bridgehead atoms. The highest BCUT2D eigenvalue weighted by Gasteiger charge is 2.12. The van der Waals surface area contributed by atoms with Gasteiger partial charge < -0.3 is 25.3 Å². The van der Waals surface area contributed by atoms with Crippen molar-refractivity contribution in [1.29, 1.82) is 0 Å². The molecule has 0 aliphatic carbocycles. The van der Waals surface area contributed by atoms with E-state index in [0.29, 0.717) is 28.6 Å². The summed E-state index contributed by atoms with van der Waals surface area (Å²) in [5.41, 5.74) is 9.69. The maximum Gasteiger partial charge on any atom is 0.248 e. The molecule has 0 atom stereocenters. The van der Waals surface area contributed by atoms with Gasteiger partial charge in [-0.05, 0) is 53.1 Å². The molecule has 0 aliphatic heterocycles. The molecule has 3 N–H and O–H groups in total. The zero-order valence-corrected chi connectivity index (χ0v) is 18.3. The Hall–Kier alpha value is -4.19. The van der Waals surface area contributed by atoms with Crippen molar-refractivity contribution < 1.29 is 19.0 Å². The van der Waals surface area contributed by atoms with Crippen LogP contribution < -0.4 is 25.3 Å². The first-order valence-corrected chi connectivity index (χ1v) is 9.95. The highest BCUT2D eigenvalue weighted by molar-refractivity contribution is 6.03. The summed E-state index contributed by atoms with van der Waals surface area (Å²) in [4.78, 5) is 12.4. The Kier molecular flexibility index (Phi) is 7.54. The van der Waals surface area contributed by atoms with Gasteiger partial charge in [0.1, 0.15) is 0 Å². The first-order chi connectivity index (χ1) is 15.5. The van der Waals surface area contributed by atoms with Gasteiger partial charge in [-0.2, -0.15) is 0 Å². The molecule has 3 rings (SSSR count). The molecule has 3 aromatic carbocycles. The fourth-order valence-corrected chi connectivity index (χ4v) is 3.15. The molecule has 164 valence electrons. The molecule has 0 aromatic heterocycles. The number of nitrogens with one attached hydrogen (secondary N) is 1. The number of ether oxygens (including phenoxy) is 3. The first kappa shape index (κ1) is 22.5. The first-order valence-electron chi connectivity index (χ1n) is 9.95. The van der Waals surface area contributed by atoms with Crippen LogP contribution in [0.5, 0.6) is 17.2 Å². The van der Waals surface area contributed by atoms with E-state index in [2.05, 4.69) is 5.32 Å². The molecule has 0 saturated carbocycles. The van der Waals surface area contributed by atoms with Gasteiger partial charge in [-0.15, -0.1) is 0 Å². The summed E-state index contributed by atoms with van der Waals surface area (Å²) in [6, 6.07) is 18.6. The number of methoxy groups -OCH3 is 3. The molecule has 0 aliphatic rings. The van der Waals surface area contributed by atoms with Crippen molar-refractivity contribution in [3.8, 4) is 17.2 Å². The van der Waals surface area contributed by atoms with Crippen molar-refractivity contribution in [1.82, 2.24) is 0 Å². The van der Waals surface area contributed by atoms with Crippen molar-refractivity contribution >= 4 is 35.5 Å². The number of nitrogen functional groups attached to an aromatic ring is 1. The number of anilines is 2. The van der Waals surface area contributed by atoms with E-state index in [-0.39, 0.29) is 5.91 Å². The van der Waals surface area contributed by atoms with Crippen LogP contribution in [-0.2, 0) is 4.79 Å². The molecular formula is C26H26N2O4. The molecule has 0 unspecified atom stereocenters. The number of hydrogen-bond donors (Lipinski definition) is 2. The second-order valence-electron chi connectivity index (χ2n) is 6.87. The number of rotatable bonds is 8. The Balaban J connectivity index is 1.79. The summed E-state index contributed by atoms with van der Waals surface area (Å²) in [7, 11) is 4.72. The Bertz CT molecular complexity index is 1130. The zero-order valence-electron chi connectivity index (χ0n) is 18.3. The van der Waals surface area contributed by atoms with Crippen LogP contribution in [0.15, 0.2) is 66.7 Å². The summed E-state index contributed by atoms with van der Waals surface area (Å²) in [6.45, 7) is 0. The van der Waals surface area contributed by atoms with Crippen LogP contribution in [0.1, 0.15) is 16.7 Å². The Labute approximate surface area is 187 Å². The highest BCUT2D eigenvalue weighted by atomic mass is 16.5. The smallest absolute Gasteiger partial charge is 0.248 e. The van der Waals surface area contributed by atoms with Crippen LogP contribution >= 0.6 is 0 Å². The number of nitrogens with two attached hydrogens (primary N) is 1. The summed E-state index contributed by atoms with van der Waals surface area (Å²) in [5, 5.41) is 2.92. The molecule has 0 radical (unpaired) electrons. The monoisotopic (exact) mass is 430 g/mol. The van der Waals surface area contributed by atoms with Crippen molar-refractivity contribution in [2.75, 3.05) is 32.4 Å². The second-order valence-corrected chi connectivity index (χ2v) is 6.87. The molecule has 6 nitrogen and oxygen atoms in total. The average molecular weight is 431 g/mol. The van der Waals surface area contributed by atoms with Crippen molar-refractivity contribution in [2.45, 2.75) is 0 Å². The van der Waals surface area contributed by atoms with E-state index in [4.69, 9.17) is 19.9 Å². The minimum Gasteiger partial charge on any atom is -0.493 e. The minimum absolute atomic E-state index is 0.235. The number of carbonyl (C=O) groups is 1. The van der Waals surface area contributed by atoms with Gasteiger partial charge in [0.25, 0.3) is 0 Å². The minimum atomic E-state index is -0.235. The maximum atomic E-state index is 12.4. The predicted octanol–water partition coefficient (Wildman–Crippen LogP) is 5.12. The molecule has 3 aromatic rings. The van der Waals surface area contributed by atoms with Gasteiger partial charge in [-0.1, -0.05) is 42.5 Å². The molecule has 0 spiro atoms. The largest absolute Gasteiger partial charge is 0.493 e. The predicted molar refractivity (Wildman–Crippen MR) is 130 cm³/mol. The zero-order chi connectivity index (χ0) is 22.9. The number of amides is 1. The second kappa shape index (κ2) is 10.7. The quantitative estimate of drug-likeness (QED) is 0.295. The van der Waals surface area contributed by atoms with E-state index in [0.717, 1.165) is 16.7 Å². The maximum absolute atomic E-state index is 12.4. The summed E-state index contributed by atoms with van der Waals surface area (Å²) >= 11 is 0. The van der Waals surface area contributed by atoms with Crippen LogP contribution in [0.3, 0.4) is 0 Å². The lowest BCUT2D eigenvalue weighted by Crippen LogP contribution is -2.08. The van der Waals surface area contributed by atoms with Crippen LogP contribution in [0.2, 0.25) is 0 Å². The van der Waals surface area contributed by atoms with E-state index in [1.807, 2.05) is 60.7 Å². The summed E-state index contributed by atoms with van der Waals surface area (Å²) < 4.78 is 16.2. The molecule has 0 heterocycles. The number of benzene rings is 3. The van der Waals surface area contributed by atoms with Gasteiger partial charge in [-0.3, -0.25) is 4.79 Å². The van der Waals surface area contributed by atoms with Crippen LogP contribution in [0, 0.1) is 0 Å². The molecule has 0 saturated heterocycles. The molecular weight excluding hydrogens is 404 g/mol. The molecule has 32 heavy (non-hydrogen) atoms. The standard InChI is InChI=1S/C26H26N2O4/c1-30-23-16-19(17-24(31-2)26(23)32-3)11-13-20-8-4-5-10-22(20)28-25(29)14-12-18-7-6-9-21(27)15-18/h4-17H,27H2,1-3H3,(H,28,29)/b13-11+,14-12+. The van der Waals surface area contributed by atoms with Crippen LogP contribution in [0.25, 0.3) is 18.2 Å².